The number of benzene rings is 1. The van der Waals surface area contributed by atoms with Gasteiger partial charge in [-0.15, -0.1) is 22.7 Å². The monoisotopic (exact) mass is 295 g/mol. The van der Waals surface area contributed by atoms with Gasteiger partial charge in [-0.1, -0.05) is 23.7 Å². The van der Waals surface area contributed by atoms with Crippen LogP contribution in [0.15, 0.2) is 35.7 Å². The number of fused-ring (bicyclic) bond motifs is 1. The first-order valence-corrected chi connectivity index (χ1v) is 7.57. The Balaban J connectivity index is 1.86. The maximum Gasteiger partial charge on any atom is 0.0968 e. The predicted molar refractivity (Wildman–Crippen MR) is 77.6 cm³/mol. The van der Waals surface area contributed by atoms with Crippen molar-refractivity contribution in [2.24, 2.45) is 0 Å². The van der Waals surface area contributed by atoms with Crippen LogP contribution >= 0.6 is 34.3 Å². The highest BCUT2D eigenvalue weighted by Crippen LogP contribution is 2.32. The van der Waals surface area contributed by atoms with Gasteiger partial charge in [0.2, 0.25) is 0 Å². The number of aliphatic hydroxyl groups excluding tert-OH is 1. The lowest BCUT2D eigenvalue weighted by Crippen LogP contribution is -1.99. The summed E-state index contributed by atoms with van der Waals surface area (Å²) in [5.74, 6) is 0. The molecular formula is C13H10ClNOS2. The van der Waals surface area contributed by atoms with E-state index in [1.54, 1.807) is 11.3 Å². The minimum atomic E-state index is -0.571. The standard InChI is InChI=1S/C13H10ClNOS2/c14-8-5-6-17-13(8)10(16)7-12-15-9-3-1-2-4-11(9)18-12/h1-6,10,16H,7H2. The van der Waals surface area contributed by atoms with E-state index in [2.05, 4.69) is 4.98 Å². The number of rotatable bonds is 3. The van der Waals surface area contributed by atoms with Crippen LogP contribution in [0.1, 0.15) is 16.0 Å². The first-order valence-electron chi connectivity index (χ1n) is 5.49. The summed E-state index contributed by atoms with van der Waals surface area (Å²) in [5.41, 5.74) is 0.988. The number of hydrogen-bond acceptors (Lipinski definition) is 4. The van der Waals surface area contributed by atoms with E-state index in [0.717, 1.165) is 20.1 Å². The highest BCUT2D eigenvalue weighted by molar-refractivity contribution is 7.18. The smallest absolute Gasteiger partial charge is 0.0968 e. The maximum atomic E-state index is 10.2. The first kappa shape index (κ1) is 12.1. The van der Waals surface area contributed by atoms with Crippen molar-refractivity contribution in [3.63, 3.8) is 0 Å². The summed E-state index contributed by atoms with van der Waals surface area (Å²) in [6, 6.07) is 9.80. The summed E-state index contributed by atoms with van der Waals surface area (Å²) in [6.07, 6.45) is -0.0578. The van der Waals surface area contributed by atoms with Gasteiger partial charge < -0.3 is 5.11 Å². The summed E-state index contributed by atoms with van der Waals surface area (Å²) in [7, 11) is 0. The zero-order valence-electron chi connectivity index (χ0n) is 9.34. The average molecular weight is 296 g/mol. The summed E-state index contributed by atoms with van der Waals surface area (Å²) in [6.45, 7) is 0. The van der Waals surface area contributed by atoms with Crippen molar-refractivity contribution in [3.8, 4) is 0 Å². The van der Waals surface area contributed by atoms with E-state index < -0.39 is 6.10 Å². The molecule has 0 saturated carbocycles. The Morgan fingerprint density at radius 1 is 1.28 bits per heavy atom. The lowest BCUT2D eigenvalue weighted by atomic mass is 10.2. The summed E-state index contributed by atoms with van der Waals surface area (Å²) in [4.78, 5) is 5.33. The van der Waals surface area contributed by atoms with Crippen LogP contribution < -0.4 is 0 Å². The maximum absolute atomic E-state index is 10.2. The Morgan fingerprint density at radius 3 is 2.83 bits per heavy atom. The van der Waals surface area contributed by atoms with Crippen LogP contribution in [0.2, 0.25) is 5.02 Å². The molecule has 1 atom stereocenters. The van der Waals surface area contributed by atoms with Gasteiger partial charge in [-0.05, 0) is 23.6 Å². The van der Waals surface area contributed by atoms with Gasteiger partial charge in [-0.25, -0.2) is 4.98 Å². The van der Waals surface area contributed by atoms with Crippen molar-refractivity contribution in [1.29, 1.82) is 0 Å². The normalized spacial score (nSPS) is 13.0. The lowest BCUT2D eigenvalue weighted by Gasteiger charge is -2.06. The van der Waals surface area contributed by atoms with Crippen molar-refractivity contribution in [2.75, 3.05) is 0 Å². The minimum Gasteiger partial charge on any atom is -0.387 e. The SMILES string of the molecule is OC(Cc1nc2ccccc2s1)c1sccc1Cl. The number of thiophene rings is 1. The topological polar surface area (TPSA) is 33.1 Å². The van der Waals surface area contributed by atoms with Crippen LogP contribution in [0, 0.1) is 0 Å². The number of aromatic nitrogens is 1. The van der Waals surface area contributed by atoms with Gasteiger partial charge >= 0.3 is 0 Å². The molecule has 5 heteroatoms. The number of halogens is 1. The molecule has 0 spiro atoms. The molecule has 2 aromatic heterocycles. The molecule has 0 fully saturated rings. The van der Waals surface area contributed by atoms with Gasteiger partial charge in [0.1, 0.15) is 0 Å². The second-order valence-corrected chi connectivity index (χ2v) is 6.40. The van der Waals surface area contributed by atoms with Gasteiger partial charge in [0.05, 0.1) is 31.2 Å². The molecule has 1 aromatic carbocycles. The van der Waals surface area contributed by atoms with Crippen LogP contribution in [0.3, 0.4) is 0 Å². The number of thiazole rings is 1. The Bertz CT molecular complexity index is 643. The second-order valence-electron chi connectivity index (χ2n) is 3.93. The van der Waals surface area contributed by atoms with E-state index in [0.29, 0.717) is 11.4 Å². The van der Waals surface area contributed by atoms with Gasteiger partial charge in [0.15, 0.2) is 0 Å². The quantitative estimate of drug-likeness (QED) is 0.782. The molecule has 0 radical (unpaired) electrons. The molecule has 0 bridgehead atoms. The predicted octanol–water partition coefficient (Wildman–Crippen LogP) is 4.29. The third kappa shape index (κ3) is 2.29. The van der Waals surface area contributed by atoms with Crippen molar-refractivity contribution in [3.05, 3.63) is 50.6 Å². The van der Waals surface area contributed by atoms with Gasteiger partial charge in [-0.3, -0.25) is 0 Å². The Labute approximate surface area is 117 Å². The Morgan fingerprint density at radius 2 is 2.11 bits per heavy atom. The molecule has 3 aromatic rings. The zero-order valence-corrected chi connectivity index (χ0v) is 11.7. The van der Waals surface area contributed by atoms with Gasteiger partial charge in [0, 0.05) is 6.42 Å². The van der Waals surface area contributed by atoms with Crippen LogP contribution in [-0.4, -0.2) is 10.1 Å². The highest BCUT2D eigenvalue weighted by Gasteiger charge is 2.16. The molecule has 3 rings (SSSR count). The molecule has 0 saturated heterocycles. The van der Waals surface area contributed by atoms with E-state index >= 15 is 0 Å². The third-order valence-corrected chi connectivity index (χ3v) is 5.17. The molecule has 1 unspecified atom stereocenters. The molecular weight excluding hydrogens is 286 g/mol. The zero-order chi connectivity index (χ0) is 12.5. The van der Waals surface area contributed by atoms with Crippen molar-refractivity contribution in [2.45, 2.75) is 12.5 Å². The molecule has 0 aliphatic heterocycles. The molecule has 1 N–H and O–H groups in total. The number of nitrogens with zero attached hydrogens (tertiary/aromatic N) is 1. The second kappa shape index (κ2) is 4.97. The first-order chi connectivity index (χ1) is 8.74. The third-order valence-electron chi connectivity index (χ3n) is 2.65. The minimum absolute atomic E-state index is 0.513. The van der Waals surface area contributed by atoms with E-state index in [1.165, 1.54) is 11.3 Å². The number of para-hydroxylation sites is 1. The Hall–Kier alpha value is -0.940. The molecule has 2 heterocycles. The van der Waals surface area contributed by atoms with Crippen molar-refractivity contribution in [1.82, 2.24) is 4.98 Å². The molecule has 0 aliphatic rings. The molecule has 0 aliphatic carbocycles. The molecule has 92 valence electrons. The largest absolute Gasteiger partial charge is 0.387 e. The number of hydrogen-bond donors (Lipinski definition) is 1. The van der Waals surface area contributed by atoms with Gasteiger partial charge in [-0.2, -0.15) is 0 Å². The number of aliphatic hydroxyl groups is 1. The average Bonchev–Trinajstić information content (AvgIpc) is 2.94. The van der Waals surface area contributed by atoms with Crippen LogP contribution in [0.5, 0.6) is 0 Å². The summed E-state index contributed by atoms with van der Waals surface area (Å²) in [5, 5.41) is 13.6. The van der Waals surface area contributed by atoms with Gasteiger partial charge in [0.25, 0.3) is 0 Å². The fourth-order valence-electron chi connectivity index (χ4n) is 1.81. The molecule has 2 nitrogen and oxygen atoms in total. The molecule has 18 heavy (non-hydrogen) atoms. The van der Waals surface area contributed by atoms with E-state index in [-0.39, 0.29) is 0 Å². The van der Waals surface area contributed by atoms with E-state index in [9.17, 15) is 5.11 Å². The van der Waals surface area contributed by atoms with E-state index in [1.807, 2.05) is 35.7 Å². The lowest BCUT2D eigenvalue weighted by molar-refractivity contribution is 0.182. The van der Waals surface area contributed by atoms with Crippen molar-refractivity contribution < 1.29 is 5.11 Å². The highest BCUT2D eigenvalue weighted by atomic mass is 35.5. The fourth-order valence-corrected chi connectivity index (χ4v) is 3.98. The van der Waals surface area contributed by atoms with Crippen LogP contribution in [-0.2, 0) is 6.42 Å². The molecule has 0 amide bonds. The van der Waals surface area contributed by atoms with Crippen LogP contribution in [0.25, 0.3) is 10.2 Å². The fraction of sp³-hybridized carbons (Fsp3) is 0.154. The van der Waals surface area contributed by atoms with Crippen LogP contribution in [0.4, 0.5) is 0 Å². The van der Waals surface area contributed by atoms with Crippen molar-refractivity contribution >= 4 is 44.5 Å². The summed E-state index contributed by atoms with van der Waals surface area (Å²) < 4.78 is 1.15. The van der Waals surface area contributed by atoms with E-state index in [4.69, 9.17) is 11.6 Å². The Kier molecular flexibility index (Phi) is 3.35. The summed E-state index contributed by atoms with van der Waals surface area (Å²) >= 11 is 9.11.